The number of furan rings is 1. The van der Waals surface area contributed by atoms with E-state index in [4.69, 9.17) is 9.52 Å². The van der Waals surface area contributed by atoms with E-state index in [1.165, 1.54) is 6.26 Å². The molecule has 0 unspecified atom stereocenters. The van der Waals surface area contributed by atoms with E-state index >= 15 is 0 Å². The molecule has 0 saturated heterocycles. The fraction of sp³-hybridized carbons (Fsp3) is 0.455. The van der Waals surface area contributed by atoms with Gasteiger partial charge in [-0.15, -0.1) is 0 Å². The molecule has 0 spiro atoms. The third-order valence-corrected chi connectivity index (χ3v) is 3.36. The molecular weight excluding hydrogens is 290 g/mol. The molecule has 0 aromatic carbocycles. The fourth-order valence-electron chi connectivity index (χ4n) is 2.03. The van der Waals surface area contributed by atoms with Crippen LogP contribution in [0, 0.1) is 5.92 Å². The van der Waals surface area contributed by atoms with Gasteiger partial charge < -0.3 is 14.8 Å². The topological polar surface area (TPSA) is 79.5 Å². The third kappa shape index (κ3) is 2.88. The average Bonchev–Trinajstić information content (AvgIpc) is 2.86. The van der Waals surface area contributed by atoms with Gasteiger partial charge >= 0.3 is 5.97 Å². The number of hydrogen-bond donors (Lipinski definition) is 2. The van der Waals surface area contributed by atoms with Crippen molar-refractivity contribution in [2.24, 2.45) is 5.92 Å². The van der Waals surface area contributed by atoms with Crippen LogP contribution in [0.15, 0.2) is 21.4 Å². The molecule has 2 rings (SSSR count). The molecule has 1 amide bonds. The molecule has 1 aromatic heterocycles. The van der Waals surface area contributed by atoms with Gasteiger partial charge in [-0.3, -0.25) is 9.59 Å². The molecule has 0 bridgehead atoms. The Bertz CT molecular complexity index is 442. The van der Waals surface area contributed by atoms with Crippen LogP contribution >= 0.6 is 15.9 Å². The predicted molar refractivity (Wildman–Crippen MR) is 62.6 cm³/mol. The zero-order valence-corrected chi connectivity index (χ0v) is 10.6. The van der Waals surface area contributed by atoms with Gasteiger partial charge in [0.05, 0.1) is 11.5 Å². The van der Waals surface area contributed by atoms with E-state index < -0.39 is 5.97 Å². The monoisotopic (exact) mass is 301 g/mol. The van der Waals surface area contributed by atoms with Gasteiger partial charge in [-0.25, -0.2) is 0 Å². The highest BCUT2D eigenvalue weighted by atomic mass is 79.9. The zero-order valence-electron chi connectivity index (χ0n) is 8.98. The van der Waals surface area contributed by atoms with Crippen LogP contribution < -0.4 is 5.32 Å². The van der Waals surface area contributed by atoms with Crippen molar-refractivity contribution in [3.05, 3.63) is 22.6 Å². The first-order valence-electron chi connectivity index (χ1n) is 5.34. The van der Waals surface area contributed by atoms with Crippen LogP contribution in [0.1, 0.15) is 29.6 Å². The molecule has 1 aliphatic carbocycles. The first-order valence-corrected chi connectivity index (χ1v) is 6.13. The minimum Gasteiger partial charge on any atom is -0.481 e. The molecular formula is C11H12BrNO4. The van der Waals surface area contributed by atoms with Crippen molar-refractivity contribution >= 4 is 27.8 Å². The van der Waals surface area contributed by atoms with Crippen LogP contribution in [0.2, 0.25) is 0 Å². The number of rotatable bonds is 3. The number of carboxylic acids is 1. The second-order valence-corrected chi connectivity index (χ2v) is 4.94. The van der Waals surface area contributed by atoms with E-state index in [2.05, 4.69) is 21.2 Å². The Balaban J connectivity index is 1.90. The summed E-state index contributed by atoms with van der Waals surface area (Å²) in [5.74, 6) is -1.35. The summed E-state index contributed by atoms with van der Waals surface area (Å²) >= 11 is 3.12. The molecule has 0 aliphatic heterocycles. The maximum absolute atomic E-state index is 11.8. The summed E-state index contributed by atoms with van der Waals surface area (Å²) < 4.78 is 5.47. The molecule has 1 heterocycles. The van der Waals surface area contributed by atoms with Crippen molar-refractivity contribution < 1.29 is 19.1 Å². The molecule has 1 fully saturated rings. The number of halogens is 1. The molecule has 1 saturated carbocycles. The van der Waals surface area contributed by atoms with Crippen molar-refractivity contribution in [2.75, 3.05) is 0 Å². The second-order valence-electron chi connectivity index (χ2n) is 4.16. The van der Waals surface area contributed by atoms with Crippen LogP contribution in [0.5, 0.6) is 0 Å². The SMILES string of the molecule is O=C(N[C@H]1CC[C@H](C(=O)O)C1)c1coc(Br)c1. The largest absolute Gasteiger partial charge is 0.481 e. The highest BCUT2D eigenvalue weighted by Crippen LogP contribution is 2.26. The van der Waals surface area contributed by atoms with Gasteiger partial charge in [-0.2, -0.15) is 0 Å². The number of carboxylic acid groups (broad SMARTS) is 1. The number of hydrogen-bond acceptors (Lipinski definition) is 3. The average molecular weight is 302 g/mol. The molecule has 5 nitrogen and oxygen atoms in total. The Morgan fingerprint density at radius 3 is 2.76 bits per heavy atom. The summed E-state index contributed by atoms with van der Waals surface area (Å²) in [5.41, 5.74) is 0.440. The van der Waals surface area contributed by atoms with Gasteiger partial charge in [0.1, 0.15) is 6.26 Å². The van der Waals surface area contributed by atoms with Gasteiger partial charge in [0.15, 0.2) is 4.67 Å². The van der Waals surface area contributed by atoms with Gasteiger partial charge in [-0.05, 0) is 35.2 Å². The van der Waals surface area contributed by atoms with Crippen molar-refractivity contribution in [1.29, 1.82) is 0 Å². The van der Waals surface area contributed by atoms with E-state index in [0.717, 1.165) is 0 Å². The third-order valence-electron chi connectivity index (χ3n) is 2.95. The van der Waals surface area contributed by atoms with Gasteiger partial charge in [-0.1, -0.05) is 0 Å². The maximum Gasteiger partial charge on any atom is 0.306 e. The number of nitrogens with one attached hydrogen (secondary N) is 1. The highest BCUT2D eigenvalue weighted by Gasteiger charge is 2.30. The Morgan fingerprint density at radius 2 is 2.24 bits per heavy atom. The molecule has 2 N–H and O–H groups in total. The zero-order chi connectivity index (χ0) is 12.4. The normalized spacial score (nSPS) is 23.6. The van der Waals surface area contributed by atoms with E-state index in [-0.39, 0.29) is 17.9 Å². The molecule has 1 aliphatic rings. The lowest BCUT2D eigenvalue weighted by molar-refractivity contribution is -0.141. The molecule has 17 heavy (non-hydrogen) atoms. The molecule has 2 atom stereocenters. The first kappa shape index (κ1) is 12.2. The van der Waals surface area contributed by atoms with E-state index in [1.54, 1.807) is 6.07 Å². The maximum atomic E-state index is 11.8. The Labute approximate surface area is 106 Å². The minimum absolute atomic E-state index is 0.0581. The smallest absolute Gasteiger partial charge is 0.306 e. The van der Waals surface area contributed by atoms with Crippen LogP contribution in [0.3, 0.4) is 0 Å². The van der Waals surface area contributed by atoms with E-state index in [0.29, 0.717) is 29.5 Å². The Hall–Kier alpha value is -1.30. The van der Waals surface area contributed by atoms with Gasteiger partial charge in [0.2, 0.25) is 0 Å². The predicted octanol–water partition coefficient (Wildman–Crippen LogP) is 2.03. The van der Waals surface area contributed by atoms with Crippen LogP contribution in [0.4, 0.5) is 0 Å². The number of carbonyl (C=O) groups is 2. The van der Waals surface area contributed by atoms with Gasteiger partial charge in [0, 0.05) is 12.1 Å². The minimum atomic E-state index is -0.784. The van der Waals surface area contributed by atoms with Crippen molar-refractivity contribution in [3.8, 4) is 0 Å². The highest BCUT2D eigenvalue weighted by molar-refractivity contribution is 9.10. The number of carbonyl (C=O) groups excluding carboxylic acids is 1. The summed E-state index contributed by atoms with van der Waals surface area (Å²) in [6.45, 7) is 0. The summed E-state index contributed by atoms with van der Waals surface area (Å²) in [6.07, 6.45) is 3.19. The molecule has 0 radical (unpaired) electrons. The fourth-order valence-corrected chi connectivity index (χ4v) is 2.37. The molecule has 6 heteroatoms. The number of amides is 1. The summed E-state index contributed by atoms with van der Waals surface area (Å²) in [5, 5.41) is 11.7. The summed E-state index contributed by atoms with van der Waals surface area (Å²) in [4.78, 5) is 22.5. The summed E-state index contributed by atoms with van der Waals surface area (Å²) in [6, 6.07) is 1.52. The lowest BCUT2D eigenvalue weighted by atomic mass is 10.1. The summed E-state index contributed by atoms with van der Waals surface area (Å²) in [7, 11) is 0. The van der Waals surface area contributed by atoms with Gasteiger partial charge in [0.25, 0.3) is 5.91 Å². The lowest BCUT2D eigenvalue weighted by Crippen LogP contribution is -2.33. The quantitative estimate of drug-likeness (QED) is 0.895. The van der Waals surface area contributed by atoms with Crippen LogP contribution in [-0.4, -0.2) is 23.0 Å². The van der Waals surface area contributed by atoms with Crippen molar-refractivity contribution in [2.45, 2.75) is 25.3 Å². The van der Waals surface area contributed by atoms with Crippen molar-refractivity contribution in [3.63, 3.8) is 0 Å². The molecule has 92 valence electrons. The van der Waals surface area contributed by atoms with Crippen LogP contribution in [0.25, 0.3) is 0 Å². The standard InChI is InChI=1S/C11H12BrNO4/c12-9-4-7(5-17-9)10(14)13-8-2-1-6(3-8)11(15)16/h4-6,8H,1-3H2,(H,13,14)(H,15,16)/t6-,8-/m0/s1. The van der Waals surface area contributed by atoms with Crippen LogP contribution in [-0.2, 0) is 4.79 Å². The number of aliphatic carboxylic acids is 1. The lowest BCUT2D eigenvalue weighted by Gasteiger charge is -2.11. The molecule has 1 aromatic rings. The van der Waals surface area contributed by atoms with E-state index in [9.17, 15) is 9.59 Å². The Morgan fingerprint density at radius 1 is 1.47 bits per heavy atom. The first-order chi connectivity index (χ1) is 8.06. The van der Waals surface area contributed by atoms with E-state index in [1.807, 2.05) is 0 Å². The second kappa shape index (κ2) is 4.91. The Kier molecular flexibility index (Phi) is 3.51. The van der Waals surface area contributed by atoms with Crippen molar-refractivity contribution in [1.82, 2.24) is 5.32 Å².